The summed E-state index contributed by atoms with van der Waals surface area (Å²) in [6.45, 7) is 0. The van der Waals surface area contributed by atoms with Crippen molar-refractivity contribution in [2.24, 2.45) is 5.10 Å². The molecule has 3 rings (SSSR count). The largest absolute Gasteiger partial charge is 0.325 e. The van der Waals surface area contributed by atoms with E-state index in [-0.39, 0.29) is 29.1 Å². The number of amides is 2. The molecule has 0 radical (unpaired) electrons. The van der Waals surface area contributed by atoms with Gasteiger partial charge in [-0.2, -0.15) is 5.10 Å². The van der Waals surface area contributed by atoms with E-state index in [0.29, 0.717) is 11.4 Å². The molecular weight excluding hydrogens is 401 g/mol. The standard InChI is InChI=1S/C23H20FN3O2S/c24-19-11-13-20(14-12-19)25-21(28)15-30-16-22(29)26-27-23(17-7-3-1-4-8-17)18-9-5-2-6-10-18/h1-14H,15-16H2,(H,25,28)(H,26,29). The molecule has 0 aromatic heterocycles. The average molecular weight is 421 g/mol. The molecule has 0 fully saturated rings. The quantitative estimate of drug-likeness (QED) is 0.426. The van der Waals surface area contributed by atoms with Crippen molar-refractivity contribution < 1.29 is 14.0 Å². The first-order valence-electron chi connectivity index (χ1n) is 9.22. The Morgan fingerprint density at radius 1 is 0.767 bits per heavy atom. The van der Waals surface area contributed by atoms with Crippen LogP contribution in [0.1, 0.15) is 11.1 Å². The van der Waals surface area contributed by atoms with Crippen LogP contribution in [0, 0.1) is 5.82 Å². The molecule has 0 unspecified atom stereocenters. The zero-order chi connectivity index (χ0) is 21.2. The zero-order valence-electron chi connectivity index (χ0n) is 16.0. The van der Waals surface area contributed by atoms with Gasteiger partial charge in [0.25, 0.3) is 0 Å². The van der Waals surface area contributed by atoms with Gasteiger partial charge in [0.1, 0.15) is 5.82 Å². The topological polar surface area (TPSA) is 70.6 Å². The van der Waals surface area contributed by atoms with Gasteiger partial charge in [-0.3, -0.25) is 9.59 Å². The SMILES string of the molecule is O=C(CSCC(=O)Nc1ccc(F)cc1)NN=C(c1ccccc1)c1ccccc1. The molecule has 3 aromatic rings. The minimum Gasteiger partial charge on any atom is -0.325 e. The van der Waals surface area contributed by atoms with Crippen LogP contribution in [0.4, 0.5) is 10.1 Å². The molecule has 0 aliphatic heterocycles. The van der Waals surface area contributed by atoms with Crippen LogP contribution in [0.3, 0.4) is 0 Å². The van der Waals surface area contributed by atoms with Crippen LogP contribution >= 0.6 is 11.8 Å². The minimum absolute atomic E-state index is 0.0806. The lowest BCUT2D eigenvalue weighted by molar-refractivity contribution is -0.118. The van der Waals surface area contributed by atoms with E-state index < -0.39 is 0 Å². The number of benzene rings is 3. The second-order valence-electron chi connectivity index (χ2n) is 6.28. The highest BCUT2D eigenvalue weighted by atomic mass is 32.2. The molecule has 30 heavy (non-hydrogen) atoms. The minimum atomic E-state index is -0.370. The molecule has 0 aliphatic rings. The maximum absolute atomic E-state index is 12.9. The summed E-state index contributed by atoms with van der Waals surface area (Å²) in [7, 11) is 0. The zero-order valence-corrected chi connectivity index (χ0v) is 16.9. The van der Waals surface area contributed by atoms with Crippen LogP contribution in [0.2, 0.25) is 0 Å². The molecular formula is C23H20FN3O2S. The van der Waals surface area contributed by atoms with Gasteiger partial charge in [-0.15, -0.1) is 11.8 Å². The van der Waals surface area contributed by atoms with Crippen molar-refractivity contribution >= 4 is 35.0 Å². The molecule has 7 heteroatoms. The Morgan fingerprint density at radius 2 is 1.30 bits per heavy atom. The third-order valence-electron chi connectivity index (χ3n) is 3.98. The second-order valence-corrected chi connectivity index (χ2v) is 7.26. The van der Waals surface area contributed by atoms with Crippen molar-refractivity contribution in [3.05, 3.63) is 102 Å². The van der Waals surface area contributed by atoms with Gasteiger partial charge in [-0.1, -0.05) is 60.7 Å². The fourth-order valence-electron chi connectivity index (χ4n) is 2.61. The molecule has 0 aliphatic carbocycles. The summed E-state index contributed by atoms with van der Waals surface area (Å²) >= 11 is 1.17. The van der Waals surface area contributed by atoms with Gasteiger partial charge in [-0.05, 0) is 24.3 Å². The van der Waals surface area contributed by atoms with Gasteiger partial charge in [0.2, 0.25) is 11.8 Å². The number of hydrogen-bond acceptors (Lipinski definition) is 4. The van der Waals surface area contributed by atoms with E-state index in [1.807, 2.05) is 60.7 Å². The number of hydrogen-bond donors (Lipinski definition) is 2. The van der Waals surface area contributed by atoms with Crippen LogP contribution in [0.25, 0.3) is 0 Å². The molecule has 0 spiro atoms. The van der Waals surface area contributed by atoms with Gasteiger partial charge >= 0.3 is 0 Å². The predicted octanol–water partition coefficient (Wildman–Crippen LogP) is 4.07. The normalized spacial score (nSPS) is 10.2. The van der Waals surface area contributed by atoms with Gasteiger partial charge in [0, 0.05) is 16.8 Å². The highest BCUT2D eigenvalue weighted by Gasteiger charge is 2.09. The highest BCUT2D eigenvalue weighted by Crippen LogP contribution is 2.11. The summed E-state index contributed by atoms with van der Waals surface area (Å²) in [5.74, 6) is -0.767. The van der Waals surface area contributed by atoms with Crippen molar-refractivity contribution in [2.75, 3.05) is 16.8 Å². The lowest BCUT2D eigenvalue weighted by atomic mass is 10.0. The summed E-state index contributed by atoms with van der Waals surface area (Å²) in [5.41, 5.74) is 5.50. The molecule has 3 aromatic carbocycles. The molecule has 2 amide bonds. The Labute approximate surface area is 178 Å². The van der Waals surface area contributed by atoms with Crippen LogP contribution in [0.15, 0.2) is 90.0 Å². The van der Waals surface area contributed by atoms with E-state index >= 15 is 0 Å². The third-order valence-corrected chi connectivity index (χ3v) is 4.91. The number of nitrogens with zero attached hydrogens (tertiary/aromatic N) is 1. The van der Waals surface area contributed by atoms with Gasteiger partial charge < -0.3 is 5.32 Å². The summed E-state index contributed by atoms with van der Waals surface area (Å²) in [6.07, 6.45) is 0. The number of anilines is 1. The van der Waals surface area contributed by atoms with Crippen LogP contribution in [-0.2, 0) is 9.59 Å². The number of rotatable bonds is 8. The fraction of sp³-hybridized carbons (Fsp3) is 0.0870. The van der Waals surface area contributed by atoms with Crippen molar-refractivity contribution in [3.8, 4) is 0 Å². The third kappa shape index (κ3) is 6.56. The summed E-state index contributed by atoms with van der Waals surface area (Å²) in [5, 5.41) is 6.96. The second kappa shape index (κ2) is 10.9. The molecule has 2 N–H and O–H groups in total. The molecule has 0 heterocycles. The van der Waals surface area contributed by atoms with Gasteiger partial charge in [-0.25, -0.2) is 9.82 Å². The molecule has 0 saturated heterocycles. The lowest BCUT2D eigenvalue weighted by Gasteiger charge is -2.08. The van der Waals surface area contributed by atoms with Gasteiger partial charge in [0.05, 0.1) is 17.2 Å². The van der Waals surface area contributed by atoms with E-state index in [0.717, 1.165) is 11.1 Å². The molecule has 0 saturated carbocycles. The number of hydrazone groups is 1. The van der Waals surface area contributed by atoms with E-state index in [2.05, 4.69) is 15.8 Å². The summed E-state index contributed by atoms with van der Waals surface area (Å²) < 4.78 is 12.9. The molecule has 0 bridgehead atoms. The number of carbonyl (C=O) groups is 2. The van der Waals surface area contributed by atoms with E-state index in [1.165, 1.54) is 36.0 Å². The number of carbonyl (C=O) groups excluding carboxylic acids is 2. The Balaban J connectivity index is 1.53. The lowest BCUT2D eigenvalue weighted by Crippen LogP contribution is -2.23. The number of thioether (sulfide) groups is 1. The van der Waals surface area contributed by atoms with Crippen molar-refractivity contribution in [2.45, 2.75) is 0 Å². The Hall–Kier alpha value is -3.45. The maximum atomic E-state index is 12.9. The van der Waals surface area contributed by atoms with E-state index in [4.69, 9.17) is 0 Å². The number of halogens is 1. The summed E-state index contributed by atoms with van der Waals surface area (Å²) in [6, 6.07) is 24.7. The predicted molar refractivity (Wildman–Crippen MR) is 119 cm³/mol. The van der Waals surface area contributed by atoms with Crippen LogP contribution in [0.5, 0.6) is 0 Å². The first-order chi connectivity index (χ1) is 14.6. The molecule has 5 nitrogen and oxygen atoms in total. The van der Waals surface area contributed by atoms with E-state index in [1.54, 1.807) is 0 Å². The van der Waals surface area contributed by atoms with Gasteiger partial charge in [0.15, 0.2) is 0 Å². The Kier molecular flexibility index (Phi) is 7.74. The number of nitrogens with one attached hydrogen (secondary N) is 2. The van der Waals surface area contributed by atoms with Crippen molar-refractivity contribution in [1.29, 1.82) is 0 Å². The maximum Gasteiger partial charge on any atom is 0.250 e. The Bertz CT molecular complexity index is 968. The average Bonchev–Trinajstić information content (AvgIpc) is 2.77. The Morgan fingerprint density at radius 3 is 1.87 bits per heavy atom. The first kappa shape index (κ1) is 21.3. The molecule has 0 atom stereocenters. The van der Waals surface area contributed by atoms with Crippen molar-refractivity contribution in [1.82, 2.24) is 5.43 Å². The monoisotopic (exact) mass is 421 g/mol. The molecule has 152 valence electrons. The summed E-state index contributed by atoms with van der Waals surface area (Å²) in [4.78, 5) is 24.1. The van der Waals surface area contributed by atoms with Crippen LogP contribution < -0.4 is 10.7 Å². The van der Waals surface area contributed by atoms with Crippen LogP contribution in [-0.4, -0.2) is 29.0 Å². The smallest absolute Gasteiger partial charge is 0.250 e. The highest BCUT2D eigenvalue weighted by molar-refractivity contribution is 8.00. The van der Waals surface area contributed by atoms with Crippen molar-refractivity contribution in [3.63, 3.8) is 0 Å². The first-order valence-corrected chi connectivity index (χ1v) is 10.4. The fourth-order valence-corrected chi connectivity index (χ4v) is 3.21. The van der Waals surface area contributed by atoms with E-state index in [9.17, 15) is 14.0 Å².